The van der Waals surface area contributed by atoms with Crippen molar-refractivity contribution in [2.75, 3.05) is 19.7 Å². The molecule has 0 radical (unpaired) electrons. The van der Waals surface area contributed by atoms with E-state index in [0.717, 1.165) is 13.0 Å². The first-order chi connectivity index (χ1) is 12.2. The van der Waals surface area contributed by atoms with Gasteiger partial charge < -0.3 is 19.7 Å². The molecular formula is C21H30N2O3. The lowest BCUT2D eigenvalue weighted by atomic mass is 9.90. The van der Waals surface area contributed by atoms with Gasteiger partial charge in [0.25, 0.3) is 0 Å². The molecule has 1 N–H and O–H groups in total. The standard InChI is InChI=1S/C21H30N2O3/c1-14-6-5-7-15(8-14)17-9-18(17)22-16-10-21(25-11-16)12-23(13-21)19(24)26-20(2,3)4/h5-8,16-18,22H,9-13H2,1-4H3/t16?,17-,18?/m0/s1. The zero-order valence-corrected chi connectivity index (χ0v) is 16.2. The number of amides is 1. The fourth-order valence-corrected chi connectivity index (χ4v) is 4.23. The van der Waals surface area contributed by atoms with Gasteiger partial charge in [-0.2, -0.15) is 0 Å². The minimum atomic E-state index is -0.447. The van der Waals surface area contributed by atoms with Gasteiger partial charge in [0.15, 0.2) is 0 Å². The predicted molar refractivity (Wildman–Crippen MR) is 100 cm³/mol. The average molecular weight is 358 g/mol. The lowest BCUT2D eigenvalue weighted by molar-refractivity contribution is -0.109. The van der Waals surface area contributed by atoms with Crippen LogP contribution in [0.2, 0.25) is 0 Å². The minimum Gasteiger partial charge on any atom is -0.444 e. The summed E-state index contributed by atoms with van der Waals surface area (Å²) in [4.78, 5) is 13.9. The quantitative estimate of drug-likeness (QED) is 0.901. The molecule has 0 aromatic heterocycles. The maximum absolute atomic E-state index is 12.1. The van der Waals surface area contributed by atoms with Gasteiger partial charge in [-0.3, -0.25) is 0 Å². The van der Waals surface area contributed by atoms with Gasteiger partial charge in [-0.15, -0.1) is 0 Å². The highest BCUT2D eigenvalue weighted by atomic mass is 16.6. The first-order valence-electron chi connectivity index (χ1n) is 9.68. The summed E-state index contributed by atoms with van der Waals surface area (Å²) < 4.78 is 11.5. The molecule has 3 atom stereocenters. The summed E-state index contributed by atoms with van der Waals surface area (Å²) in [5, 5.41) is 3.77. The average Bonchev–Trinajstić information content (AvgIpc) is 3.12. The van der Waals surface area contributed by atoms with Crippen molar-refractivity contribution in [3.8, 4) is 0 Å². The van der Waals surface area contributed by atoms with Crippen LogP contribution in [0.4, 0.5) is 4.79 Å². The summed E-state index contributed by atoms with van der Waals surface area (Å²) in [5.41, 5.74) is 2.16. The molecule has 142 valence electrons. The summed E-state index contributed by atoms with van der Waals surface area (Å²) in [5.74, 6) is 0.631. The largest absolute Gasteiger partial charge is 0.444 e. The van der Waals surface area contributed by atoms with E-state index < -0.39 is 5.60 Å². The topological polar surface area (TPSA) is 50.8 Å². The molecule has 1 aromatic carbocycles. The number of likely N-dealkylation sites (tertiary alicyclic amines) is 1. The van der Waals surface area contributed by atoms with Gasteiger partial charge >= 0.3 is 6.09 Å². The maximum Gasteiger partial charge on any atom is 0.410 e. The Labute approximate surface area is 156 Å². The predicted octanol–water partition coefficient (Wildman–Crippen LogP) is 3.22. The number of nitrogens with one attached hydrogen (secondary N) is 1. The van der Waals surface area contributed by atoms with E-state index in [1.807, 2.05) is 20.8 Å². The lowest BCUT2D eigenvalue weighted by Crippen LogP contribution is -2.64. The van der Waals surface area contributed by atoms with Crippen LogP contribution in [0.3, 0.4) is 0 Å². The summed E-state index contributed by atoms with van der Waals surface area (Å²) in [6, 6.07) is 9.77. The Morgan fingerprint density at radius 2 is 2.12 bits per heavy atom. The number of hydrogen-bond acceptors (Lipinski definition) is 4. The summed E-state index contributed by atoms with van der Waals surface area (Å²) in [6.45, 7) is 9.86. The van der Waals surface area contributed by atoms with E-state index >= 15 is 0 Å². The Morgan fingerprint density at radius 3 is 2.81 bits per heavy atom. The molecule has 3 aliphatic rings. The number of carbonyl (C=O) groups is 1. The van der Waals surface area contributed by atoms with Crippen LogP contribution in [-0.2, 0) is 9.47 Å². The number of rotatable bonds is 3. The third kappa shape index (κ3) is 3.74. The fourth-order valence-electron chi connectivity index (χ4n) is 4.23. The molecule has 2 aliphatic heterocycles. The van der Waals surface area contributed by atoms with E-state index in [1.54, 1.807) is 4.90 Å². The van der Waals surface area contributed by atoms with Crippen LogP contribution in [-0.4, -0.2) is 54.0 Å². The molecule has 26 heavy (non-hydrogen) atoms. The summed E-state index contributed by atoms with van der Waals surface area (Å²) in [6.07, 6.45) is 1.95. The Kier molecular flexibility index (Phi) is 4.27. The molecule has 1 saturated carbocycles. The Bertz CT molecular complexity index is 691. The van der Waals surface area contributed by atoms with Crippen molar-refractivity contribution in [1.82, 2.24) is 10.2 Å². The highest BCUT2D eigenvalue weighted by Crippen LogP contribution is 2.43. The van der Waals surface area contributed by atoms with Crippen LogP contribution in [0.1, 0.15) is 50.7 Å². The molecule has 1 aliphatic carbocycles. The molecule has 5 heteroatoms. The molecule has 3 fully saturated rings. The number of nitrogens with zero attached hydrogens (tertiary/aromatic N) is 1. The molecule has 1 spiro atoms. The van der Waals surface area contributed by atoms with Crippen molar-refractivity contribution < 1.29 is 14.3 Å². The molecule has 1 amide bonds. The van der Waals surface area contributed by atoms with Crippen molar-refractivity contribution in [2.24, 2.45) is 0 Å². The van der Waals surface area contributed by atoms with E-state index in [4.69, 9.17) is 9.47 Å². The van der Waals surface area contributed by atoms with Crippen LogP contribution in [0.25, 0.3) is 0 Å². The van der Waals surface area contributed by atoms with Crippen LogP contribution < -0.4 is 5.32 Å². The monoisotopic (exact) mass is 358 g/mol. The van der Waals surface area contributed by atoms with Crippen LogP contribution in [0.5, 0.6) is 0 Å². The van der Waals surface area contributed by atoms with Crippen molar-refractivity contribution >= 4 is 6.09 Å². The smallest absolute Gasteiger partial charge is 0.410 e. The van der Waals surface area contributed by atoms with Gasteiger partial charge in [0.2, 0.25) is 0 Å². The number of aryl methyl sites for hydroxylation is 1. The van der Waals surface area contributed by atoms with E-state index in [2.05, 4.69) is 36.5 Å². The minimum absolute atomic E-state index is 0.164. The number of carbonyl (C=O) groups excluding carboxylic acids is 1. The van der Waals surface area contributed by atoms with E-state index in [9.17, 15) is 4.79 Å². The van der Waals surface area contributed by atoms with Crippen molar-refractivity contribution in [2.45, 2.75) is 69.7 Å². The van der Waals surface area contributed by atoms with E-state index in [-0.39, 0.29) is 11.7 Å². The van der Waals surface area contributed by atoms with Gasteiger partial charge in [-0.25, -0.2) is 4.79 Å². The molecule has 0 bridgehead atoms. The maximum atomic E-state index is 12.1. The van der Waals surface area contributed by atoms with E-state index in [0.29, 0.717) is 31.1 Å². The van der Waals surface area contributed by atoms with Gasteiger partial charge in [0.1, 0.15) is 11.2 Å². The van der Waals surface area contributed by atoms with Crippen LogP contribution >= 0.6 is 0 Å². The fraction of sp³-hybridized carbons (Fsp3) is 0.667. The highest BCUT2D eigenvalue weighted by Gasteiger charge is 2.53. The first-order valence-corrected chi connectivity index (χ1v) is 9.68. The molecule has 4 rings (SSSR count). The van der Waals surface area contributed by atoms with Crippen molar-refractivity contribution in [3.63, 3.8) is 0 Å². The molecule has 2 heterocycles. The van der Waals surface area contributed by atoms with Gasteiger partial charge in [-0.05, 0) is 46.1 Å². The Balaban J connectivity index is 1.24. The lowest BCUT2D eigenvalue weighted by Gasteiger charge is -2.46. The zero-order valence-electron chi connectivity index (χ0n) is 16.2. The van der Waals surface area contributed by atoms with Crippen LogP contribution in [0, 0.1) is 6.92 Å². The van der Waals surface area contributed by atoms with Gasteiger partial charge in [-0.1, -0.05) is 29.8 Å². The zero-order chi connectivity index (χ0) is 18.5. The molecule has 2 saturated heterocycles. The normalized spacial score (nSPS) is 29.5. The van der Waals surface area contributed by atoms with Crippen molar-refractivity contribution in [1.29, 1.82) is 0 Å². The molecule has 5 nitrogen and oxygen atoms in total. The Hall–Kier alpha value is -1.59. The number of hydrogen-bond donors (Lipinski definition) is 1. The van der Waals surface area contributed by atoms with E-state index in [1.165, 1.54) is 17.5 Å². The second-order valence-electron chi connectivity index (χ2n) is 9.26. The van der Waals surface area contributed by atoms with Crippen molar-refractivity contribution in [3.05, 3.63) is 35.4 Å². The molecule has 1 aromatic rings. The number of benzene rings is 1. The summed E-state index contributed by atoms with van der Waals surface area (Å²) in [7, 11) is 0. The Morgan fingerprint density at radius 1 is 1.35 bits per heavy atom. The second kappa shape index (κ2) is 6.24. The SMILES string of the molecule is Cc1cccc([C@@H]2CC2NC2COC3(C2)CN(C(=O)OC(C)(C)C)C3)c1. The second-order valence-corrected chi connectivity index (χ2v) is 9.26. The third-order valence-corrected chi connectivity index (χ3v) is 5.53. The van der Waals surface area contributed by atoms with Crippen LogP contribution in [0.15, 0.2) is 24.3 Å². The first kappa shape index (κ1) is 17.8. The molecule has 2 unspecified atom stereocenters. The summed E-state index contributed by atoms with van der Waals surface area (Å²) >= 11 is 0. The third-order valence-electron chi connectivity index (χ3n) is 5.53. The molecular weight excluding hydrogens is 328 g/mol. The van der Waals surface area contributed by atoms with Gasteiger partial charge in [0, 0.05) is 18.0 Å². The number of ether oxygens (including phenoxy) is 2. The highest BCUT2D eigenvalue weighted by molar-refractivity contribution is 5.69. The van der Waals surface area contributed by atoms with Gasteiger partial charge in [0.05, 0.1) is 19.7 Å².